The van der Waals surface area contributed by atoms with E-state index in [4.69, 9.17) is 15.1 Å². The molecule has 8 bridgehead atoms. The molecule has 0 saturated heterocycles. The van der Waals surface area contributed by atoms with Crippen LogP contribution in [0, 0.1) is 13.8 Å². The summed E-state index contributed by atoms with van der Waals surface area (Å²) >= 11 is 0. The number of hydrogen-bond acceptors (Lipinski definition) is 5. The molecule has 0 aromatic carbocycles. The van der Waals surface area contributed by atoms with Crippen LogP contribution in [0.15, 0.2) is 37.4 Å². The van der Waals surface area contributed by atoms with Crippen LogP contribution >= 0.6 is 0 Å². The van der Waals surface area contributed by atoms with Crippen molar-refractivity contribution in [1.29, 1.82) is 0 Å². The number of aliphatic carboxylic acids is 2. The molecule has 9 nitrogen and oxygen atoms in total. The van der Waals surface area contributed by atoms with Gasteiger partial charge in [-0.25, -0.2) is 9.97 Å². The molecule has 0 unspecified atom stereocenters. The molecule has 5 rings (SSSR count). The molecule has 2 aliphatic rings. The van der Waals surface area contributed by atoms with Gasteiger partial charge in [0.25, 0.3) is 0 Å². The first-order chi connectivity index (χ1) is 21.9. The predicted molar refractivity (Wildman–Crippen MR) is 184 cm³/mol. The van der Waals surface area contributed by atoms with E-state index in [1.54, 1.807) is 0 Å². The molecule has 2 aliphatic heterocycles. The Hall–Kier alpha value is -5.31. The number of aryl methyl sites for hydroxylation is 2. The molecule has 0 aliphatic carbocycles. The van der Waals surface area contributed by atoms with E-state index in [0.29, 0.717) is 29.9 Å². The van der Waals surface area contributed by atoms with Gasteiger partial charge in [-0.1, -0.05) is 25.3 Å². The Balaban J connectivity index is 1.83. The number of ketones is 1. The van der Waals surface area contributed by atoms with Crippen LogP contribution in [-0.2, 0) is 14.4 Å². The number of nitrogens with zero attached hydrogens (tertiary/aromatic N) is 2. The number of carboxylic acid groups (broad SMARTS) is 2. The van der Waals surface area contributed by atoms with Crippen LogP contribution in [0.1, 0.15) is 97.4 Å². The molecule has 3 aromatic rings. The number of carbonyl (C=O) groups is 3. The second-order valence-electron chi connectivity index (χ2n) is 11.8. The fourth-order valence-corrected chi connectivity index (χ4v) is 6.17. The van der Waals surface area contributed by atoms with Crippen molar-refractivity contribution in [2.45, 2.75) is 66.2 Å². The van der Waals surface area contributed by atoms with Crippen molar-refractivity contribution in [2.24, 2.45) is 0 Å². The molecule has 236 valence electrons. The first kappa shape index (κ1) is 32.1. The molecule has 0 atom stereocenters. The second kappa shape index (κ2) is 13.0. The van der Waals surface area contributed by atoms with E-state index < -0.39 is 11.9 Å². The van der Waals surface area contributed by atoms with Crippen molar-refractivity contribution in [3.8, 4) is 0 Å². The topological polar surface area (TPSA) is 149 Å². The number of Topliss-reactive ketones (excluding diaryl/α,β-unsaturated/α-hetero) is 1. The van der Waals surface area contributed by atoms with Crippen molar-refractivity contribution in [3.63, 3.8) is 0 Å². The van der Waals surface area contributed by atoms with E-state index in [-0.39, 0.29) is 31.5 Å². The van der Waals surface area contributed by atoms with Gasteiger partial charge in [-0.05, 0) is 98.2 Å². The predicted octanol–water partition coefficient (Wildman–Crippen LogP) is 8.16. The van der Waals surface area contributed by atoms with Gasteiger partial charge in [-0.2, -0.15) is 0 Å². The SMILES string of the molecule is C=Cc1c(C)c2cc3[nH]c(cc4nc(cc5nc(cc1[nH]2)C(C)=C5CCC(=O)CCC(=O)O)C(CCC(=O)O)=C4C)c(C)c3C=C. The number of aromatic nitrogens is 4. The van der Waals surface area contributed by atoms with E-state index in [0.717, 1.165) is 72.3 Å². The van der Waals surface area contributed by atoms with E-state index in [1.807, 2.05) is 58.0 Å². The van der Waals surface area contributed by atoms with Gasteiger partial charge >= 0.3 is 11.9 Å². The highest BCUT2D eigenvalue weighted by molar-refractivity contribution is 5.97. The highest BCUT2D eigenvalue weighted by Crippen LogP contribution is 2.38. The highest BCUT2D eigenvalue weighted by Gasteiger charge is 2.23. The molecular weight excluding hydrogens is 580 g/mol. The average molecular weight is 619 g/mol. The van der Waals surface area contributed by atoms with Crippen molar-refractivity contribution in [2.75, 3.05) is 0 Å². The Kier molecular flexibility index (Phi) is 9.05. The second-order valence-corrected chi connectivity index (χ2v) is 11.8. The maximum absolute atomic E-state index is 12.6. The number of nitrogens with one attached hydrogen (secondary N) is 2. The number of rotatable bonds is 11. The number of fused-ring (bicyclic) bond motifs is 8. The Morgan fingerprint density at radius 2 is 1.09 bits per heavy atom. The smallest absolute Gasteiger partial charge is 0.303 e. The maximum atomic E-state index is 12.6. The molecule has 0 radical (unpaired) electrons. The first-order valence-electron chi connectivity index (χ1n) is 15.3. The molecule has 0 fully saturated rings. The standard InChI is InChI=1S/C37H38N4O5/c1-7-24-19(3)28-15-29-22(6)27(12-14-37(45)46)35(40-29)18-34-26(11-9-23(42)10-13-36(43)44)21(5)31(41-34)17-33-25(8-2)20(4)30(39-33)16-32(24)38-28/h7-8,15-18,38-39H,1-2,9-14H2,3-6H3,(H,43,44)(H,45,46). The normalized spacial score (nSPS) is 12.9. The van der Waals surface area contributed by atoms with Gasteiger partial charge in [0.2, 0.25) is 0 Å². The molecule has 9 heteroatoms. The van der Waals surface area contributed by atoms with Crippen molar-refractivity contribution in [3.05, 3.63) is 82.5 Å². The van der Waals surface area contributed by atoms with E-state index in [2.05, 4.69) is 29.2 Å². The summed E-state index contributed by atoms with van der Waals surface area (Å²) in [6.45, 7) is 16.1. The zero-order valence-corrected chi connectivity index (χ0v) is 26.6. The molecule has 4 N–H and O–H groups in total. The van der Waals surface area contributed by atoms with Crippen molar-refractivity contribution >= 4 is 74.2 Å². The fraction of sp³-hybridized carbons (Fsp3) is 0.270. The average Bonchev–Trinajstić information content (AvgIpc) is 3.66. The largest absolute Gasteiger partial charge is 0.481 e. The van der Waals surface area contributed by atoms with E-state index in [9.17, 15) is 19.5 Å². The van der Waals surface area contributed by atoms with Gasteiger partial charge in [0, 0.05) is 52.5 Å². The number of carbonyl (C=O) groups excluding carboxylic acids is 1. The third-order valence-electron chi connectivity index (χ3n) is 8.90. The molecule has 0 spiro atoms. The van der Waals surface area contributed by atoms with Crippen LogP contribution in [0.5, 0.6) is 0 Å². The summed E-state index contributed by atoms with van der Waals surface area (Å²) in [5, 5.41) is 18.5. The number of carboxylic acids is 2. The van der Waals surface area contributed by atoms with Gasteiger partial charge in [0.15, 0.2) is 0 Å². The molecule has 0 amide bonds. The molecular formula is C37H38N4O5. The minimum absolute atomic E-state index is 0.0281. The fourth-order valence-electron chi connectivity index (χ4n) is 6.17. The summed E-state index contributed by atoms with van der Waals surface area (Å²) in [7, 11) is 0. The van der Waals surface area contributed by atoms with Crippen LogP contribution in [0.25, 0.3) is 56.5 Å². The van der Waals surface area contributed by atoms with E-state index in [1.165, 1.54) is 0 Å². The quantitative estimate of drug-likeness (QED) is 0.169. The molecule has 3 aromatic heterocycles. The minimum atomic E-state index is -1.00. The number of aromatic amines is 2. The van der Waals surface area contributed by atoms with Gasteiger partial charge in [-0.3, -0.25) is 14.4 Å². The summed E-state index contributed by atoms with van der Waals surface area (Å²) in [6.07, 6.45) is 4.22. The maximum Gasteiger partial charge on any atom is 0.303 e. The van der Waals surface area contributed by atoms with Crippen molar-refractivity contribution in [1.82, 2.24) is 19.9 Å². The summed E-state index contributed by atoms with van der Waals surface area (Å²) in [5.41, 5.74) is 13.6. The van der Waals surface area contributed by atoms with Crippen LogP contribution in [-0.4, -0.2) is 47.9 Å². The Morgan fingerprint density at radius 1 is 0.630 bits per heavy atom. The molecule has 5 heterocycles. The van der Waals surface area contributed by atoms with Crippen LogP contribution in [0.4, 0.5) is 0 Å². The lowest BCUT2D eigenvalue weighted by Crippen LogP contribution is -2.03. The van der Waals surface area contributed by atoms with E-state index >= 15 is 0 Å². The first-order valence-corrected chi connectivity index (χ1v) is 15.3. The monoisotopic (exact) mass is 618 g/mol. The summed E-state index contributed by atoms with van der Waals surface area (Å²) in [6, 6.07) is 7.89. The van der Waals surface area contributed by atoms with Gasteiger partial charge in [0.1, 0.15) is 5.78 Å². The number of allylic oxidation sites excluding steroid dienone is 4. The summed E-state index contributed by atoms with van der Waals surface area (Å²) in [5.74, 6) is -2.03. The molecule has 46 heavy (non-hydrogen) atoms. The zero-order valence-electron chi connectivity index (χ0n) is 26.6. The Labute approximate surface area is 267 Å². The third-order valence-corrected chi connectivity index (χ3v) is 8.90. The highest BCUT2D eigenvalue weighted by atomic mass is 16.4. The number of H-pyrrole nitrogens is 2. The Morgan fingerprint density at radius 3 is 1.59 bits per heavy atom. The lowest BCUT2D eigenvalue weighted by molar-refractivity contribution is -0.138. The Bertz CT molecular complexity index is 2050. The van der Waals surface area contributed by atoms with Crippen LogP contribution in [0.2, 0.25) is 0 Å². The lowest BCUT2D eigenvalue weighted by Gasteiger charge is -2.06. The van der Waals surface area contributed by atoms with Gasteiger partial charge < -0.3 is 20.2 Å². The minimum Gasteiger partial charge on any atom is -0.481 e. The molecule has 0 saturated carbocycles. The van der Waals surface area contributed by atoms with Gasteiger partial charge in [0.05, 0.1) is 29.2 Å². The van der Waals surface area contributed by atoms with Crippen molar-refractivity contribution < 1.29 is 24.6 Å². The summed E-state index contributed by atoms with van der Waals surface area (Å²) in [4.78, 5) is 52.3. The third kappa shape index (κ3) is 6.26. The van der Waals surface area contributed by atoms with Gasteiger partial charge in [-0.15, -0.1) is 0 Å². The lowest BCUT2D eigenvalue weighted by atomic mass is 9.97. The zero-order chi connectivity index (χ0) is 33.3. The number of hydrogen-bond donors (Lipinski definition) is 4. The van der Waals surface area contributed by atoms with Crippen LogP contribution in [0.3, 0.4) is 0 Å². The summed E-state index contributed by atoms with van der Waals surface area (Å²) < 4.78 is 0. The van der Waals surface area contributed by atoms with Crippen LogP contribution < -0.4 is 0 Å².